The molecule has 3 rings (SSSR count). The van der Waals surface area contributed by atoms with Crippen molar-refractivity contribution in [2.24, 2.45) is 4.99 Å². The van der Waals surface area contributed by atoms with Crippen LogP contribution in [0.4, 0.5) is 0 Å². The van der Waals surface area contributed by atoms with Gasteiger partial charge in [-0.25, -0.2) is 4.98 Å². The molecule has 25 heavy (non-hydrogen) atoms. The number of guanidine groups is 1. The fourth-order valence-corrected chi connectivity index (χ4v) is 2.45. The minimum Gasteiger partial charge on any atom is -0.351 e. The smallest absolute Gasteiger partial charge is 0.194 e. The van der Waals surface area contributed by atoms with Gasteiger partial charge in [-0.05, 0) is 11.6 Å². The number of H-pyrrole nitrogens is 2. The number of aliphatic imine (C=N–C) groups is 1. The number of imidazole rings is 1. The van der Waals surface area contributed by atoms with Crippen molar-refractivity contribution in [1.29, 1.82) is 0 Å². The van der Waals surface area contributed by atoms with Crippen LogP contribution in [0.1, 0.15) is 11.5 Å². The standard InChI is InChI=1S/C17H21N7.HI/c1-18-17(20-10-14-8-9-21-23-14)24(2)12-16-19-11-15(22-16)13-6-4-3-5-7-13;/h3-9,11H,10,12H2,1-2H3,(H,18,20)(H,19,22)(H,21,23);1H. The molecule has 2 heterocycles. The average molecular weight is 451 g/mol. The lowest BCUT2D eigenvalue weighted by atomic mass is 10.2. The number of hydrogen-bond donors (Lipinski definition) is 3. The molecule has 132 valence electrons. The Labute approximate surface area is 164 Å². The van der Waals surface area contributed by atoms with Gasteiger partial charge in [-0.1, -0.05) is 30.3 Å². The van der Waals surface area contributed by atoms with Gasteiger partial charge in [0.1, 0.15) is 5.82 Å². The molecule has 0 fully saturated rings. The molecule has 8 heteroatoms. The van der Waals surface area contributed by atoms with Crippen LogP contribution in [0.25, 0.3) is 11.3 Å². The molecule has 0 atom stereocenters. The normalized spacial score (nSPS) is 11.0. The zero-order valence-electron chi connectivity index (χ0n) is 14.2. The molecular weight excluding hydrogens is 429 g/mol. The van der Waals surface area contributed by atoms with E-state index in [0.29, 0.717) is 13.1 Å². The highest BCUT2D eigenvalue weighted by atomic mass is 127. The summed E-state index contributed by atoms with van der Waals surface area (Å²) in [6.45, 7) is 1.28. The molecule has 2 aromatic heterocycles. The van der Waals surface area contributed by atoms with E-state index in [9.17, 15) is 0 Å². The van der Waals surface area contributed by atoms with Crippen LogP contribution in [0, 0.1) is 0 Å². The van der Waals surface area contributed by atoms with Crippen molar-refractivity contribution in [2.45, 2.75) is 13.1 Å². The number of aromatic nitrogens is 4. The Morgan fingerprint density at radius 2 is 2.04 bits per heavy atom. The number of aromatic amines is 2. The zero-order valence-corrected chi connectivity index (χ0v) is 16.6. The largest absolute Gasteiger partial charge is 0.351 e. The van der Waals surface area contributed by atoms with Gasteiger partial charge in [0, 0.05) is 20.3 Å². The molecule has 0 saturated carbocycles. The highest BCUT2D eigenvalue weighted by Crippen LogP contribution is 2.16. The van der Waals surface area contributed by atoms with Crippen LogP contribution >= 0.6 is 24.0 Å². The molecule has 0 unspecified atom stereocenters. The van der Waals surface area contributed by atoms with Gasteiger partial charge in [0.2, 0.25) is 0 Å². The van der Waals surface area contributed by atoms with Crippen LogP contribution in [0.2, 0.25) is 0 Å². The van der Waals surface area contributed by atoms with Gasteiger partial charge in [-0.2, -0.15) is 5.10 Å². The summed E-state index contributed by atoms with van der Waals surface area (Å²) >= 11 is 0. The zero-order chi connectivity index (χ0) is 16.8. The van der Waals surface area contributed by atoms with E-state index >= 15 is 0 Å². The van der Waals surface area contributed by atoms with Crippen LogP contribution in [-0.2, 0) is 13.1 Å². The van der Waals surface area contributed by atoms with Crippen LogP contribution in [0.5, 0.6) is 0 Å². The van der Waals surface area contributed by atoms with E-state index in [4.69, 9.17) is 0 Å². The van der Waals surface area contributed by atoms with Crippen molar-refractivity contribution in [2.75, 3.05) is 14.1 Å². The van der Waals surface area contributed by atoms with Crippen molar-refractivity contribution in [3.8, 4) is 11.3 Å². The maximum Gasteiger partial charge on any atom is 0.194 e. The summed E-state index contributed by atoms with van der Waals surface area (Å²) in [5.41, 5.74) is 3.15. The number of rotatable bonds is 5. The predicted octanol–water partition coefficient (Wildman–Crippen LogP) is 2.63. The fourth-order valence-electron chi connectivity index (χ4n) is 2.45. The van der Waals surface area contributed by atoms with E-state index in [1.54, 1.807) is 13.2 Å². The maximum absolute atomic E-state index is 4.46. The lowest BCUT2D eigenvalue weighted by Gasteiger charge is -2.20. The van der Waals surface area contributed by atoms with E-state index < -0.39 is 0 Å². The molecule has 0 spiro atoms. The first-order valence-corrected chi connectivity index (χ1v) is 7.75. The summed E-state index contributed by atoms with van der Waals surface area (Å²) in [6.07, 6.45) is 3.59. The second-order valence-corrected chi connectivity index (χ2v) is 5.45. The fraction of sp³-hybridized carbons (Fsp3) is 0.235. The first kappa shape index (κ1) is 19.0. The summed E-state index contributed by atoms with van der Waals surface area (Å²) in [6, 6.07) is 12.1. The number of benzene rings is 1. The third-order valence-corrected chi connectivity index (χ3v) is 3.67. The molecule has 3 aromatic rings. The summed E-state index contributed by atoms with van der Waals surface area (Å²) in [7, 11) is 3.75. The van der Waals surface area contributed by atoms with E-state index in [2.05, 4.69) is 42.6 Å². The van der Waals surface area contributed by atoms with E-state index in [1.807, 2.05) is 42.4 Å². The van der Waals surface area contributed by atoms with Crippen LogP contribution in [-0.4, -0.2) is 45.1 Å². The second kappa shape index (κ2) is 9.21. The maximum atomic E-state index is 4.46. The van der Waals surface area contributed by atoms with Crippen LogP contribution in [0.15, 0.2) is 53.8 Å². The number of hydrogen-bond acceptors (Lipinski definition) is 3. The summed E-state index contributed by atoms with van der Waals surface area (Å²) in [5, 5.41) is 10.2. The third-order valence-electron chi connectivity index (χ3n) is 3.67. The van der Waals surface area contributed by atoms with Crippen LogP contribution < -0.4 is 5.32 Å². The molecule has 0 saturated heterocycles. The molecule has 0 radical (unpaired) electrons. The summed E-state index contributed by atoms with van der Waals surface area (Å²) < 4.78 is 0. The quantitative estimate of drug-likeness (QED) is 0.317. The first-order chi connectivity index (χ1) is 11.8. The van der Waals surface area contributed by atoms with Gasteiger partial charge in [-0.15, -0.1) is 24.0 Å². The monoisotopic (exact) mass is 451 g/mol. The number of nitrogens with one attached hydrogen (secondary N) is 3. The van der Waals surface area contributed by atoms with Gasteiger partial charge < -0.3 is 15.2 Å². The van der Waals surface area contributed by atoms with Crippen molar-refractivity contribution in [3.05, 3.63) is 60.3 Å². The number of nitrogens with zero attached hydrogens (tertiary/aromatic N) is 4. The summed E-state index contributed by atoms with van der Waals surface area (Å²) in [5.74, 6) is 1.68. The van der Waals surface area contributed by atoms with Gasteiger partial charge in [0.25, 0.3) is 0 Å². The van der Waals surface area contributed by atoms with Crippen molar-refractivity contribution in [3.63, 3.8) is 0 Å². The van der Waals surface area contributed by atoms with Crippen molar-refractivity contribution in [1.82, 2.24) is 30.4 Å². The Balaban J connectivity index is 0.00000225. The highest BCUT2D eigenvalue weighted by molar-refractivity contribution is 14.0. The van der Waals surface area contributed by atoms with Crippen molar-refractivity contribution >= 4 is 29.9 Å². The molecule has 0 amide bonds. The predicted molar refractivity (Wildman–Crippen MR) is 110 cm³/mol. The first-order valence-electron chi connectivity index (χ1n) is 7.75. The van der Waals surface area contributed by atoms with E-state index in [-0.39, 0.29) is 24.0 Å². The Hall–Kier alpha value is -2.36. The van der Waals surface area contributed by atoms with Gasteiger partial charge in [0.05, 0.1) is 30.7 Å². The molecule has 0 aliphatic rings. The number of halogens is 1. The van der Waals surface area contributed by atoms with Gasteiger partial charge in [0.15, 0.2) is 5.96 Å². The topological polar surface area (TPSA) is 85.0 Å². The van der Waals surface area contributed by atoms with Crippen molar-refractivity contribution < 1.29 is 0 Å². The molecule has 0 aliphatic heterocycles. The Morgan fingerprint density at radius 3 is 2.72 bits per heavy atom. The lowest BCUT2D eigenvalue weighted by molar-refractivity contribution is 0.463. The molecule has 1 aromatic carbocycles. The van der Waals surface area contributed by atoms with Gasteiger partial charge >= 0.3 is 0 Å². The minimum atomic E-state index is 0. The second-order valence-electron chi connectivity index (χ2n) is 5.45. The Bertz CT molecular complexity index is 780. The third kappa shape index (κ3) is 5.05. The molecule has 0 bridgehead atoms. The SMILES string of the molecule is CN=C(NCc1ccn[nH]1)N(C)Cc1ncc(-c2ccccc2)[nH]1.I. The molecule has 3 N–H and O–H groups in total. The van der Waals surface area contributed by atoms with E-state index in [0.717, 1.165) is 28.7 Å². The molecule has 0 aliphatic carbocycles. The summed E-state index contributed by atoms with van der Waals surface area (Å²) in [4.78, 5) is 14.1. The lowest BCUT2D eigenvalue weighted by Crippen LogP contribution is -2.38. The Morgan fingerprint density at radius 1 is 1.24 bits per heavy atom. The Kier molecular flexibility index (Phi) is 6.99. The van der Waals surface area contributed by atoms with E-state index in [1.165, 1.54) is 0 Å². The molecule has 7 nitrogen and oxygen atoms in total. The van der Waals surface area contributed by atoms with Crippen LogP contribution in [0.3, 0.4) is 0 Å². The highest BCUT2D eigenvalue weighted by Gasteiger charge is 2.10. The van der Waals surface area contributed by atoms with Gasteiger partial charge in [-0.3, -0.25) is 10.1 Å². The molecular formula is C17H22IN7. The minimum absolute atomic E-state index is 0. The average Bonchev–Trinajstić information content (AvgIpc) is 3.28.